The normalized spacial score (nSPS) is 23.5. The Morgan fingerprint density at radius 1 is 1.58 bits per heavy atom. The molecule has 2 atom stereocenters. The van der Waals surface area contributed by atoms with Crippen molar-refractivity contribution >= 4 is 6.03 Å². The number of rotatable bonds is 2. The molecule has 2 N–H and O–H groups in total. The summed E-state index contributed by atoms with van der Waals surface area (Å²) in [6.07, 6.45) is 0.386. The lowest BCUT2D eigenvalue weighted by atomic mass is 9.96. The molecule has 1 aromatic heterocycles. The molecule has 2 heterocycles. The summed E-state index contributed by atoms with van der Waals surface area (Å²) in [5.41, 5.74) is 0.839. The topological polar surface area (TPSA) is 78.6 Å². The van der Waals surface area contributed by atoms with Crippen molar-refractivity contribution in [2.45, 2.75) is 39.8 Å². The Kier molecular flexibility index (Phi) is 4.09. The summed E-state index contributed by atoms with van der Waals surface area (Å²) >= 11 is 0. The van der Waals surface area contributed by atoms with Crippen LogP contribution in [0, 0.1) is 19.8 Å². The molecule has 0 aromatic carbocycles. The molecule has 1 saturated heterocycles. The number of aromatic nitrogens is 1. The molecular formula is C13H21N3O3. The van der Waals surface area contributed by atoms with E-state index in [0.29, 0.717) is 19.0 Å². The van der Waals surface area contributed by atoms with Gasteiger partial charge < -0.3 is 19.7 Å². The zero-order valence-corrected chi connectivity index (χ0v) is 11.6. The van der Waals surface area contributed by atoms with Gasteiger partial charge >= 0.3 is 6.03 Å². The van der Waals surface area contributed by atoms with Crippen molar-refractivity contribution in [2.75, 3.05) is 13.1 Å². The smallest absolute Gasteiger partial charge is 0.317 e. The van der Waals surface area contributed by atoms with Crippen LogP contribution < -0.4 is 5.32 Å². The first-order valence-corrected chi connectivity index (χ1v) is 6.61. The first kappa shape index (κ1) is 13.9. The van der Waals surface area contributed by atoms with Crippen molar-refractivity contribution in [2.24, 2.45) is 5.92 Å². The molecule has 0 radical (unpaired) electrons. The van der Waals surface area contributed by atoms with Gasteiger partial charge in [-0.25, -0.2) is 9.78 Å². The van der Waals surface area contributed by atoms with E-state index >= 15 is 0 Å². The fraction of sp³-hybridized carbons (Fsp3) is 0.692. The minimum atomic E-state index is -0.439. The largest absolute Gasteiger partial charge is 0.444 e. The molecule has 106 valence electrons. The molecule has 0 spiro atoms. The number of urea groups is 1. The number of nitrogens with one attached hydrogen (secondary N) is 1. The predicted octanol–water partition coefficient (Wildman–Crippen LogP) is 1.20. The number of likely N-dealkylation sites (tertiary alicyclic amines) is 1. The predicted molar refractivity (Wildman–Crippen MR) is 69.6 cm³/mol. The van der Waals surface area contributed by atoms with E-state index in [1.165, 1.54) is 0 Å². The van der Waals surface area contributed by atoms with E-state index in [2.05, 4.69) is 10.3 Å². The highest BCUT2D eigenvalue weighted by Crippen LogP contribution is 2.17. The Morgan fingerprint density at radius 3 is 2.89 bits per heavy atom. The van der Waals surface area contributed by atoms with Crippen LogP contribution in [0.2, 0.25) is 0 Å². The van der Waals surface area contributed by atoms with E-state index in [9.17, 15) is 9.90 Å². The SMILES string of the molecule is Cc1nc(CNC(=O)N2CCC(C)C(O)C2)oc1C. The number of aryl methyl sites for hydroxylation is 2. The van der Waals surface area contributed by atoms with E-state index in [4.69, 9.17) is 4.42 Å². The molecule has 1 fully saturated rings. The summed E-state index contributed by atoms with van der Waals surface area (Å²) < 4.78 is 5.40. The summed E-state index contributed by atoms with van der Waals surface area (Å²) in [7, 11) is 0. The molecule has 1 aliphatic rings. The van der Waals surface area contributed by atoms with Crippen LogP contribution in [0.15, 0.2) is 4.42 Å². The molecule has 19 heavy (non-hydrogen) atoms. The van der Waals surface area contributed by atoms with Gasteiger partial charge in [0.1, 0.15) is 5.76 Å². The summed E-state index contributed by atoms with van der Waals surface area (Å²) in [5, 5.41) is 12.5. The third-order valence-corrected chi connectivity index (χ3v) is 3.67. The second-order valence-corrected chi connectivity index (χ2v) is 5.19. The van der Waals surface area contributed by atoms with Gasteiger partial charge in [0.15, 0.2) is 0 Å². The maximum Gasteiger partial charge on any atom is 0.317 e. The first-order valence-electron chi connectivity index (χ1n) is 6.61. The second-order valence-electron chi connectivity index (χ2n) is 5.19. The average molecular weight is 267 g/mol. The van der Waals surface area contributed by atoms with Gasteiger partial charge in [-0.2, -0.15) is 0 Å². The van der Waals surface area contributed by atoms with Crippen molar-refractivity contribution in [3.8, 4) is 0 Å². The molecule has 2 amide bonds. The Bertz CT molecular complexity index is 438. The van der Waals surface area contributed by atoms with Crippen molar-refractivity contribution in [3.05, 3.63) is 17.3 Å². The van der Waals surface area contributed by atoms with Gasteiger partial charge in [0.05, 0.1) is 18.3 Å². The van der Waals surface area contributed by atoms with E-state index in [0.717, 1.165) is 17.9 Å². The highest BCUT2D eigenvalue weighted by molar-refractivity contribution is 5.74. The van der Waals surface area contributed by atoms with Crippen molar-refractivity contribution in [3.63, 3.8) is 0 Å². The lowest BCUT2D eigenvalue weighted by molar-refractivity contribution is 0.0434. The minimum Gasteiger partial charge on any atom is -0.444 e. The van der Waals surface area contributed by atoms with Crippen LogP contribution >= 0.6 is 0 Å². The molecule has 2 rings (SSSR count). The van der Waals surface area contributed by atoms with Gasteiger partial charge in [0, 0.05) is 13.1 Å². The van der Waals surface area contributed by atoms with Crippen molar-refractivity contribution in [1.82, 2.24) is 15.2 Å². The summed E-state index contributed by atoms with van der Waals surface area (Å²) in [6.45, 7) is 7.04. The van der Waals surface area contributed by atoms with Crippen LogP contribution in [0.25, 0.3) is 0 Å². The quantitative estimate of drug-likeness (QED) is 0.844. The third kappa shape index (κ3) is 3.26. The molecule has 6 nitrogen and oxygen atoms in total. The zero-order chi connectivity index (χ0) is 14.0. The number of aliphatic hydroxyl groups is 1. The van der Waals surface area contributed by atoms with Crippen molar-refractivity contribution in [1.29, 1.82) is 0 Å². The Morgan fingerprint density at radius 2 is 2.32 bits per heavy atom. The molecule has 0 saturated carbocycles. The molecule has 0 bridgehead atoms. The Labute approximate surface area is 112 Å². The van der Waals surface area contributed by atoms with Crippen LogP contribution in [-0.4, -0.2) is 40.2 Å². The average Bonchev–Trinajstić information content (AvgIpc) is 2.69. The van der Waals surface area contributed by atoms with Crippen LogP contribution in [-0.2, 0) is 6.54 Å². The van der Waals surface area contributed by atoms with Gasteiger partial charge in [-0.15, -0.1) is 0 Å². The van der Waals surface area contributed by atoms with E-state index in [1.807, 2.05) is 20.8 Å². The van der Waals surface area contributed by atoms with Gasteiger partial charge in [-0.05, 0) is 26.2 Å². The second kappa shape index (κ2) is 5.61. The fourth-order valence-corrected chi connectivity index (χ4v) is 2.11. The van der Waals surface area contributed by atoms with Crippen LogP contribution in [0.1, 0.15) is 30.7 Å². The molecule has 6 heteroatoms. The molecule has 0 aliphatic carbocycles. The number of amides is 2. The van der Waals surface area contributed by atoms with E-state index in [-0.39, 0.29) is 18.5 Å². The van der Waals surface area contributed by atoms with E-state index in [1.54, 1.807) is 4.90 Å². The molecule has 1 aliphatic heterocycles. The molecule has 2 unspecified atom stereocenters. The summed E-state index contributed by atoms with van der Waals surface area (Å²) in [5.74, 6) is 1.53. The summed E-state index contributed by atoms with van der Waals surface area (Å²) in [4.78, 5) is 17.8. The van der Waals surface area contributed by atoms with Crippen LogP contribution in [0.5, 0.6) is 0 Å². The number of oxazole rings is 1. The number of β-amino-alcohol motifs (C(OH)–C–C–N with tert-alkyl or cyclic N) is 1. The number of aliphatic hydroxyl groups excluding tert-OH is 1. The monoisotopic (exact) mass is 267 g/mol. The number of hydrogen-bond donors (Lipinski definition) is 2. The minimum absolute atomic E-state index is 0.181. The lowest BCUT2D eigenvalue weighted by Gasteiger charge is -2.34. The standard InChI is InChI=1S/C13H21N3O3/c1-8-4-5-16(7-11(8)17)13(18)14-6-12-15-9(2)10(3)19-12/h8,11,17H,4-7H2,1-3H3,(H,14,18). The van der Waals surface area contributed by atoms with Gasteiger partial charge in [-0.1, -0.05) is 6.92 Å². The Balaban J connectivity index is 1.84. The van der Waals surface area contributed by atoms with Crippen LogP contribution in [0.4, 0.5) is 4.79 Å². The molecule has 1 aromatic rings. The number of carbonyl (C=O) groups is 1. The van der Waals surface area contributed by atoms with Gasteiger partial charge in [-0.3, -0.25) is 0 Å². The number of carbonyl (C=O) groups excluding carboxylic acids is 1. The third-order valence-electron chi connectivity index (χ3n) is 3.67. The fourth-order valence-electron chi connectivity index (χ4n) is 2.11. The van der Waals surface area contributed by atoms with Gasteiger partial charge in [0.25, 0.3) is 0 Å². The van der Waals surface area contributed by atoms with Crippen LogP contribution in [0.3, 0.4) is 0 Å². The van der Waals surface area contributed by atoms with Crippen molar-refractivity contribution < 1.29 is 14.3 Å². The van der Waals surface area contributed by atoms with Gasteiger partial charge in [0.2, 0.25) is 5.89 Å². The maximum atomic E-state index is 11.9. The summed E-state index contributed by atoms with van der Waals surface area (Å²) in [6, 6.07) is -0.181. The highest BCUT2D eigenvalue weighted by atomic mass is 16.4. The van der Waals surface area contributed by atoms with E-state index < -0.39 is 6.10 Å². The number of piperidine rings is 1. The first-order chi connectivity index (χ1) is 8.97. The Hall–Kier alpha value is -1.56. The maximum absolute atomic E-state index is 11.9. The molecular weight excluding hydrogens is 246 g/mol. The zero-order valence-electron chi connectivity index (χ0n) is 11.6. The number of hydrogen-bond acceptors (Lipinski definition) is 4. The number of nitrogens with zero attached hydrogens (tertiary/aromatic N) is 2. The highest BCUT2D eigenvalue weighted by Gasteiger charge is 2.27. The lowest BCUT2D eigenvalue weighted by Crippen LogP contribution is -2.49.